The molecule has 0 unspecified atom stereocenters. The number of nitrogens with two attached hydrogens (primary N) is 1. The van der Waals surface area contributed by atoms with Gasteiger partial charge in [-0.25, -0.2) is 4.98 Å². The smallest absolute Gasteiger partial charge is 0.227 e. The number of H-pyrrole nitrogens is 1. The number of morpholine rings is 1. The van der Waals surface area contributed by atoms with Crippen molar-refractivity contribution in [3.05, 3.63) is 36.2 Å². The number of primary amides is 1. The second-order valence-corrected chi connectivity index (χ2v) is 6.98. The first-order valence-corrected chi connectivity index (χ1v) is 8.63. The largest absolute Gasteiger partial charge is 0.378 e. The number of carbonyl (C=O) groups excluding carboxylic acids is 1. The van der Waals surface area contributed by atoms with Crippen molar-refractivity contribution in [1.29, 1.82) is 0 Å². The molecule has 0 atom stereocenters. The molecule has 26 heavy (non-hydrogen) atoms. The molecular formula is C18H22N6O2. The SMILES string of the molecule is CC(C)(C(N)=O)c1cc(N2CCOCC2)nc2c1ccn2-c1ccn[nH]1. The molecule has 0 bridgehead atoms. The van der Waals surface area contributed by atoms with E-state index in [2.05, 4.69) is 15.1 Å². The van der Waals surface area contributed by atoms with Crippen molar-refractivity contribution in [3.63, 3.8) is 0 Å². The predicted octanol–water partition coefficient (Wildman–Crippen LogP) is 1.35. The first kappa shape index (κ1) is 16.6. The number of ether oxygens (including phenoxy) is 1. The van der Waals surface area contributed by atoms with Crippen LogP contribution >= 0.6 is 0 Å². The highest BCUT2D eigenvalue weighted by Gasteiger charge is 2.31. The molecule has 0 aliphatic carbocycles. The lowest BCUT2D eigenvalue weighted by atomic mass is 9.82. The van der Waals surface area contributed by atoms with Gasteiger partial charge in [-0.3, -0.25) is 14.5 Å². The first-order chi connectivity index (χ1) is 12.5. The maximum absolute atomic E-state index is 12.1. The van der Waals surface area contributed by atoms with Crippen molar-refractivity contribution in [3.8, 4) is 5.82 Å². The van der Waals surface area contributed by atoms with Crippen LogP contribution < -0.4 is 10.6 Å². The molecule has 4 rings (SSSR count). The molecule has 3 N–H and O–H groups in total. The van der Waals surface area contributed by atoms with Gasteiger partial charge in [-0.2, -0.15) is 5.10 Å². The molecule has 8 nitrogen and oxygen atoms in total. The second kappa shape index (κ2) is 6.14. The highest BCUT2D eigenvalue weighted by atomic mass is 16.5. The summed E-state index contributed by atoms with van der Waals surface area (Å²) in [6, 6.07) is 5.82. The molecule has 4 heterocycles. The second-order valence-electron chi connectivity index (χ2n) is 6.98. The summed E-state index contributed by atoms with van der Waals surface area (Å²) >= 11 is 0. The van der Waals surface area contributed by atoms with Gasteiger partial charge in [0.15, 0.2) is 0 Å². The Bertz CT molecular complexity index is 938. The van der Waals surface area contributed by atoms with Crippen LogP contribution in [0.1, 0.15) is 19.4 Å². The fourth-order valence-corrected chi connectivity index (χ4v) is 3.28. The number of aromatic nitrogens is 4. The van der Waals surface area contributed by atoms with E-state index >= 15 is 0 Å². The van der Waals surface area contributed by atoms with Crippen LogP contribution in [-0.4, -0.2) is 52.0 Å². The molecule has 1 saturated heterocycles. The van der Waals surface area contributed by atoms with E-state index in [4.69, 9.17) is 15.5 Å². The molecule has 3 aromatic rings. The molecule has 1 aliphatic rings. The zero-order valence-corrected chi connectivity index (χ0v) is 14.9. The molecule has 3 aromatic heterocycles. The van der Waals surface area contributed by atoms with Gasteiger partial charge >= 0.3 is 0 Å². The minimum atomic E-state index is -0.817. The lowest BCUT2D eigenvalue weighted by Gasteiger charge is -2.30. The maximum Gasteiger partial charge on any atom is 0.227 e. The molecule has 1 amide bonds. The minimum Gasteiger partial charge on any atom is -0.378 e. The summed E-state index contributed by atoms with van der Waals surface area (Å²) in [5, 5.41) is 7.88. The number of nitrogens with zero attached hydrogens (tertiary/aromatic N) is 4. The van der Waals surface area contributed by atoms with Crippen molar-refractivity contribution in [2.24, 2.45) is 5.73 Å². The number of carbonyl (C=O) groups is 1. The molecule has 136 valence electrons. The van der Waals surface area contributed by atoms with E-state index < -0.39 is 5.41 Å². The van der Waals surface area contributed by atoms with Crippen LogP contribution in [0.4, 0.5) is 5.82 Å². The molecular weight excluding hydrogens is 332 g/mol. The molecule has 0 spiro atoms. The third-order valence-electron chi connectivity index (χ3n) is 5.01. The summed E-state index contributed by atoms with van der Waals surface area (Å²) in [6.45, 7) is 6.55. The lowest BCUT2D eigenvalue weighted by Crippen LogP contribution is -2.38. The van der Waals surface area contributed by atoms with E-state index in [1.807, 2.05) is 42.8 Å². The number of hydrogen-bond donors (Lipinski definition) is 2. The number of rotatable bonds is 4. The number of aromatic amines is 1. The predicted molar refractivity (Wildman–Crippen MR) is 98.5 cm³/mol. The monoisotopic (exact) mass is 354 g/mol. The average Bonchev–Trinajstić information content (AvgIpc) is 3.30. The quantitative estimate of drug-likeness (QED) is 0.736. The van der Waals surface area contributed by atoms with Gasteiger partial charge in [0.1, 0.15) is 17.3 Å². The highest BCUT2D eigenvalue weighted by molar-refractivity contribution is 5.94. The van der Waals surface area contributed by atoms with Gasteiger partial charge in [0.05, 0.1) is 24.8 Å². The average molecular weight is 354 g/mol. The van der Waals surface area contributed by atoms with Crippen molar-refractivity contribution in [2.75, 3.05) is 31.2 Å². The summed E-state index contributed by atoms with van der Waals surface area (Å²) in [4.78, 5) is 19.2. The number of fused-ring (bicyclic) bond motifs is 1. The Morgan fingerprint density at radius 1 is 1.31 bits per heavy atom. The third kappa shape index (κ3) is 2.62. The van der Waals surface area contributed by atoms with Crippen molar-refractivity contribution >= 4 is 22.8 Å². The molecule has 1 fully saturated rings. The Morgan fingerprint density at radius 3 is 2.73 bits per heavy atom. The topological polar surface area (TPSA) is 102 Å². The summed E-state index contributed by atoms with van der Waals surface area (Å²) in [5.74, 6) is 1.27. The van der Waals surface area contributed by atoms with Gasteiger partial charge < -0.3 is 15.4 Å². The van der Waals surface area contributed by atoms with Crippen molar-refractivity contribution in [2.45, 2.75) is 19.3 Å². The van der Waals surface area contributed by atoms with Crippen LogP contribution in [0.5, 0.6) is 0 Å². The fourth-order valence-electron chi connectivity index (χ4n) is 3.28. The molecule has 8 heteroatoms. The maximum atomic E-state index is 12.1. The van der Waals surface area contributed by atoms with Gasteiger partial charge in [-0.1, -0.05) is 0 Å². The Morgan fingerprint density at radius 2 is 2.08 bits per heavy atom. The molecule has 1 aliphatic heterocycles. The van der Waals surface area contributed by atoms with E-state index in [0.717, 1.165) is 41.3 Å². The van der Waals surface area contributed by atoms with Crippen molar-refractivity contribution in [1.82, 2.24) is 19.7 Å². The summed E-state index contributed by atoms with van der Waals surface area (Å²) in [7, 11) is 0. The Labute approximate surface area is 150 Å². The lowest BCUT2D eigenvalue weighted by molar-refractivity contribution is -0.122. The fraction of sp³-hybridized carbons (Fsp3) is 0.389. The van der Waals surface area contributed by atoms with E-state index in [9.17, 15) is 4.79 Å². The number of amides is 1. The summed E-state index contributed by atoms with van der Waals surface area (Å²) in [5.41, 5.74) is 6.53. The van der Waals surface area contributed by atoms with Gasteiger partial charge in [0.2, 0.25) is 5.91 Å². The summed E-state index contributed by atoms with van der Waals surface area (Å²) < 4.78 is 7.39. The summed E-state index contributed by atoms with van der Waals surface area (Å²) in [6.07, 6.45) is 3.62. The van der Waals surface area contributed by atoms with Crippen LogP contribution in [0.3, 0.4) is 0 Å². The Balaban J connectivity index is 1.95. The van der Waals surface area contributed by atoms with Gasteiger partial charge in [-0.05, 0) is 31.5 Å². The van der Waals surface area contributed by atoms with Crippen LogP contribution in [0.15, 0.2) is 30.6 Å². The minimum absolute atomic E-state index is 0.368. The number of nitrogens with one attached hydrogen (secondary N) is 1. The number of anilines is 1. The third-order valence-corrected chi connectivity index (χ3v) is 5.01. The van der Waals surface area contributed by atoms with Crippen LogP contribution in [0.2, 0.25) is 0 Å². The van der Waals surface area contributed by atoms with Crippen LogP contribution in [0.25, 0.3) is 16.9 Å². The number of hydrogen-bond acceptors (Lipinski definition) is 5. The van der Waals surface area contributed by atoms with E-state index in [0.29, 0.717) is 13.2 Å². The van der Waals surface area contributed by atoms with E-state index in [1.165, 1.54) is 0 Å². The van der Waals surface area contributed by atoms with E-state index in [-0.39, 0.29) is 5.91 Å². The van der Waals surface area contributed by atoms with Crippen LogP contribution in [-0.2, 0) is 14.9 Å². The molecule has 0 radical (unpaired) electrons. The van der Waals surface area contributed by atoms with Gasteiger partial charge in [0.25, 0.3) is 0 Å². The van der Waals surface area contributed by atoms with Gasteiger partial charge in [0, 0.05) is 30.7 Å². The Hall–Kier alpha value is -2.87. The van der Waals surface area contributed by atoms with E-state index in [1.54, 1.807) is 6.20 Å². The molecule has 0 saturated carbocycles. The van der Waals surface area contributed by atoms with Crippen LogP contribution in [0, 0.1) is 0 Å². The first-order valence-electron chi connectivity index (χ1n) is 8.63. The number of pyridine rings is 1. The van der Waals surface area contributed by atoms with Gasteiger partial charge in [-0.15, -0.1) is 0 Å². The molecule has 0 aromatic carbocycles. The normalized spacial score (nSPS) is 15.5. The standard InChI is InChI=1S/C18H22N6O2/c1-18(2,17(19)25)13-11-15(23-7-9-26-10-8-23)21-16-12(13)4-6-24(16)14-3-5-20-22-14/h3-6,11H,7-10H2,1-2H3,(H2,19,25)(H,20,22). The van der Waals surface area contributed by atoms with Crippen molar-refractivity contribution < 1.29 is 9.53 Å². The zero-order valence-electron chi connectivity index (χ0n) is 14.9. The highest BCUT2D eigenvalue weighted by Crippen LogP contribution is 2.34. The Kier molecular flexibility index (Phi) is 3.91. The zero-order chi connectivity index (χ0) is 18.3.